The number of rotatable bonds is 6. The van der Waals surface area contributed by atoms with Gasteiger partial charge in [0.15, 0.2) is 0 Å². The Kier molecular flexibility index (Phi) is 6.03. The van der Waals surface area contributed by atoms with Gasteiger partial charge < -0.3 is 4.57 Å². The average Bonchev–Trinajstić information content (AvgIpc) is 3.11. The van der Waals surface area contributed by atoms with Gasteiger partial charge in [-0.2, -0.15) is 4.31 Å². The summed E-state index contributed by atoms with van der Waals surface area (Å²) in [6.07, 6.45) is 3.87. The standard InChI is InChI=1S/C20H30N4O2S/c1-16(2)20-21-7-8-23(20)12-9-22-10-13-24(14-11-22)27(25,26)19-6-5-17(3)18(4)15-19/h5-8,15-16H,9-14H2,1-4H3. The molecule has 1 aromatic heterocycles. The summed E-state index contributed by atoms with van der Waals surface area (Å²) in [5, 5.41) is 0. The van der Waals surface area contributed by atoms with E-state index in [1.165, 1.54) is 0 Å². The molecule has 27 heavy (non-hydrogen) atoms. The lowest BCUT2D eigenvalue weighted by molar-refractivity contribution is 0.182. The summed E-state index contributed by atoms with van der Waals surface area (Å²) in [5.74, 6) is 1.51. The van der Waals surface area contributed by atoms with E-state index in [0.717, 1.165) is 43.1 Å². The second-order valence-corrected chi connectivity index (χ2v) is 9.56. The fourth-order valence-electron chi connectivity index (χ4n) is 3.48. The van der Waals surface area contributed by atoms with Crippen LogP contribution in [0, 0.1) is 13.8 Å². The van der Waals surface area contributed by atoms with Gasteiger partial charge in [-0.25, -0.2) is 13.4 Å². The maximum Gasteiger partial charge on any atom is 0.243 e. The number of nitrogens with zero attached hydrogens (tertiary/aromatic N) is 4. The maximum atomic E-state index is 12.9. The molecule has 1 aliphatic rings. The van der Waals surface area contributed by atoms with Crippen LogP contribution in [0.3, 0.4) is 0 Å². The van der Waals surface area contributed by atoms with Crippen molar-refractivity contribution in [2.24, 2.45) is 0 Å². The van der Waals surface area contributed by atoms with Crippen LogP contribution in [-0.4, -0.2) is 59.9 Å². The largest absolute Gasteiger partial charge is 0.333 e. The molecule has 7 heteroatoms. The quantitative estimate of drug-likeness (QED) is 0.761. The van der Waals surface area contributed by atoms with E-state index in [0.29, 0.717) is 23.9 Å². The summed E-state index contributed by atoms with van der Waals surface area (Å²) in [5.41, 5.74) is 2.12. The molecule has 2 heterocycles. The number of hydrogen-bond donors (Lipinski definition) is 0. The molecule has 0 N–H and O–H groups in total. The second-order valence-electron chi connectivity index (χ2n) is 7.63. The van der Waals surface area contributed by atoms with Crippen LogP contribution in [0.5, 0.6) is 0 Å². The molecule has 0 spiro atoms. The van der Waals surface area contributed by atoms with Crippen LogP contribution in [0.1, 0.15) is 36.7 Å². The Balaban J connectivity index is 1.58. The first kappa shape index (κ1) is 20.0. The number of benzene rings is 1. The Morgan fingerprint density at radius 3 is 2.37 bits per heavy atom. The van der Waals surface area contributed by atoms with E-state index >= 15 is 0 Å². The molecule has 1 fully saturated rings. The van der Waals surface area contributed by atoms with E-state index in [2.05, 4.69) is 28.3 Å². The Labute approximate surface area is 162 Å². The van der Waals surface area contributed by atoms with Gasteiger partial charge in [-0.05, 0) is 37.1 Å². The average molecular weight is 391 g/mol. The lowest BCUT2D eigenvalue weighted by Gasteiger charge is -2.34. The van der Waals surface area contributed by atoms with Crippen LogP contribution in [0.4, 0.5) is 0 Å². The molecule has 6 nitrogen and oxygen atoms in total. The van der Waals surface area contributed by atoms with Crippen molar-refractivity contribution in [3.8, 4) is 0 Å². The number of aryl methyl sites for hydroxylation is 2. The van der Waals surface area contributed by atoms with Crippen molar-refractivity contribution in [3.05, 3.63) is 47.5 Å². The van der Waals surface area contributed by atoms with Crippen molar-refractivity contribution in [2.45, 2.75) is 45.1 Å². The van der Waals surface area contributed by atoms with Gasteiger partial charge in [-0.1, -0.05) is 19.9 Å². The lowest BCUT2D eigenvalue weighted by atomic mass is 10.1. The summed E-state index contributed by atoms with van der Waals surface area (Å²) in [6, 6.07) is 5.38. The highest BCUT2D eigenvalue weighted by Gasteiger charge is 2.28. The van der Waals surface area contributed by atoms with Crippen molar-refractivity contribution < 1.29 is 8.42 Å². The number of imidazole rings is 1. The normalized spacial score (nSPS) is 16.9. The van der Waals surface area contributed by atoms with Crippen LogP contribution in [-0.2, 0) is 16.6 Å². The summed E-state index contributed by atoms with van der Waals surface area (Å²) >= 11 is 0. The molecule has 2 aromatic rings. The highest BCUT2D eigenvalue weighted by Crippen LogP contribution is 2.20. The van der Waals surface area contributed by atoms with E-state index < -0.39 is 10.0 Å². The molecule has 1 saturated heterocycles. The summed E-state index contributed by atoms with van der Waals surface area (Å²) in [6.45, 7) is 12.6. The van der Waals surface area contributed by atoms with Crippen molar-refractivity contribution in [3.63, 3.8) is 0 Å². The molecule has 0 unspecified atom stereocenters. The third-order valence-corrected chi connectivity index (χ3v) is 7.26. The van der Waals surface area contributed by atoms with E-state index in [-0.39, 0.29) is 0 Å². The zero-order valence-electron chi connectivity index (χ0n) is 16.7. The molecule has 1 aliphatic heterocycles. The van der Waals surface area contributed by atoms with E-state index in [1.54, 1.807) is 16.4 Å². The Morgan fingerprint density at radius 2 is 1.74 bits per heavy atom. The summed E-state index contributed by atoms with van der Waals surface area (Å²) in [7, 11) is -3.41. The zero-order chi connectivity index (χ0) is 19.6. The molecule has 0 amide bonds. The second kappa shape index (κ2) is 8.12. The molecular weight excluding hydrogens is 360 g/mol. The molecule has 148 valence electrons. The number of piperazine rings is 1. The molecule has 0 atom stereocenters. The minimum atomic E-state index is -3.41. The van der Waals surface area contributed by atoms with Crippen molar-refractivity contribution in [1.82, 2.24) is 18.8 Å². The molecule has 0 bridgehead atoms. The fraction of sp³-hybridized carbons (Fsp3) is 0.550. The highest BCUT2D eigenvalue weighted by molar-refractivity contribution is 7.89. The van der Waals surface area contributed by atoms with Gasteiger partial charge in [0.25, 0.3) is 0 Å². The predicted molar refractivity (Wildman–Crippen MR) is 107 cm³/mol. The van der Waals surface area contributed by atoms with Crippen molar-refractivity contribution >= 4 is 10.0 Å². The van der Waals surface area contributed by atoms with Crippen LogP contribution in [0.25, 0.3) is 0 Å². The maximum absolute atomic E-state index is 12.9. The van der Waals surface area contributed by atoms with Crippen molar-refractivity contribution in [2.75, 3.05) is 32.7 Å². The predicted octanol–water partition coefficient (Wildman–Crippen LogP) is 2.63. The molecular formula is C20H30N4O2S. The zero-order valence-corrected chi connectivity index (χ0v) is 17.5. The third kappa shape index (κ3) is 4.42. The Bertz CT molecular complexity index is 881. The van der Waals surface area contributed by atoms with Gasteiger partial charge in [0.05, 0.1) is 4.90 Å². The smallest absolute Gasteiger partial charge is 0.243 e. The van der Waals surface area contributed by atoms with Gasteiger partial charge in [0, 0.05) is 57.6 Å². The van der Waals surface area contributed by atoms with Crippen LogP contribution in [0.2, 0.25) is 0 Å². The summed E-state index contributed by atoms with van der Waals surface area (Å²) < 4.78 is 29.6. The lowest BCUT2D eigenvalue weighted by Crippen LogP contribution is -2.49. The topological polar surface area (TPSA) is 58.4 Å². The molecule has 1 aromatic carbocycles. The first-order valence-electron chi connectivity index (χ1n) is 9.60. The van der Waals surface area contributed by atoms with Gasteiger partial charge in [0.2, 0.25) is 10.0 Å². The van der Waals surface area contributed by atoms with Crippen LogP contribution >= 0.6 is 0 Å². The Hall–Kier alpha value is -1.70. The van der Waals surface area contributed by atoms with E-state index in [1.807, 2.05) is 32.3 Å². The molecule has 3 rings (SSSR count). The van der Waals surface area contributed by atoms with Crippen LogP contribution < -0.4 is 0 Å². The van der Waals surface area contributed by atoms with Crippen LogP contribution in [0.15, 0.2) is 35.5 Å². The van der Waals surface area contributed by atoms with E-state index in [9.17, 15) is 8.42 Å². The number of hydrogen-bond acceptors (Lipinski definition) is 4. The minimum Gasteiger partial charge on any atom is -0.333 e. The first-order valence-corrected chi connectivity index (χ1v) is 11.0. The van der Waals surface area contributed by atoms with Gasteiger partial charge in [-0.15, -0.1) is 0 Å². The van der Waals surface area contributed by atoms with E-state index in [4.69, 9.17) is 0 Å². The van der Waals surface area contributed by atoms with Gasteiger partial charge >= 0.3 is 0 Å². The van der Waals surface area contributed by atoms with Crippen molar-refractivity contribution in [1.29, 1.82) is 0 Å². The molecule has 0 saturated carbocycles. The summed E-state index contributed by atoms with van der Waals surface area (Å²) in [4.78, 5) is 7.16. The molecule has 0 radical (unpaired) electrons. The fourth-order valence-corrected chi connectivity index (χ4v) is 4.98. The third-order valence-electron chi connectivity index (χ3n) is 5.37. The minimum absolute atomic E-state index is 0.402. The number of aromatic nitrogens is 2. The van der Waals surface area contributed by atoms with Gasteiger partial charge in [-0.3, -0.25) is 4.90 Å². The number of sulfonamides is 1. The molecule has 0 aliphatic carbocycles. The SMILES string of the molecule is Cc1ccc(S(=O)(=O)N2CCN(CCn3ccnc3C(C)C)CC2)cc1C. The van der Waals surface area contributed by atoms with Gasteiger partial charge in [0.1, 0.15) is 5.82 Å². The highest BCUT2D eigenvalue weighted by atomic mass is 32.2. The monoisotopic (exact) mass is 390 g/mol. The first-order chi connectivity index (χ1) is 12.8. The Morgan fingerprint density at radius 1 is 1.04 bits per heavy atom.